The number of aromatic nitrogens is 2. The lowest BCUT2D eigenvalue weighted by Crippen LogP contribution is -2.42. The molecule has 6 atom stereocenters. The number of nitrogens with one attached hydrogen (secondary N) is 2. The first-order chi connectivity index (χ1) is 18.3. The molecule has 2 heterocycles. The lowest BCUT2D eigenvalue weighted by atomic mass is 10.00. The monoisotopic (exact) mass is 651 g/mol. The molecule has 0 amide bonds. The van der Waals surface area contributed by atoms with Crippen LogP contribution in [0.2, 0.25) is 0 Å². The molecule has 0 aromatic carbocycles. The maximum Gasteiger partial charge on any atom is 0.330 e. The fourth-order valence-electron chi connectivity index (χ4n) is 3.16. The van der Waals surface area contributed by atoms with E-state index in [1.807, 2.05) is 0 Å². The van der Waals surface area contributed by atoms with Gasteiger partial charge in [-0.3, -0.25) is 23.9 Å². The van der Waals surface area contributed by atoms with Gasteiger partial charge in [0.15, 0.2) is 11.3 Å². The molecule has 40 heavy (non-hydrogen) atoms. The number of aromatic amines is 1. The van der Waals surface area contributed by atoms with E-state index in [2.05, 4.69) is 5.09 Å². The number of nitrogens with zero attached hydrogens (tertiary/aromatic N) is 1. The molecule has 0 unspecified atom stereocenters. The molecule has 1 aromatic rings. The summed E-state index contributed by atoms with van der Waals surface area (Å²) in [6.07, 6.45) is -5.72. The average Bonchev–Trinajstić information content (AvgIpc) is 3.05. The van der Waals surface area contributed by atoms with Crippen molar-refractivity contribution < 1.29 is 42.0 Å². The SMILES string of the molecule is CC(C)OC(=O)[C@@H](C)N[P@](=S)(OCCSC(=O)C(C)(C)C)OC[C@H]1O[C@@H](n2cc(F)c(=O)[nH]c2=O)[C@](F)(Cl)[C@@H]1O. The molecule has 1 aliphatic rings. The summed E-state index contributed by atoms with van der Waals surface area (Å²) in [5.74, 6) is -1.87. The summed E-state index contributed by atoms with van der Waals surface area (Å²) in [6, 6.07) is -1.00. The number of H-pyrrole nitrogens is 1. The minimum Gasteiger partial charge on any atom is -0.462 e. The Morgan fingerprint density at radius 2 is 1.98 bits per heavy atom. The van der Waals surface area contributed by atoms with Crippen molar-refractivity contribution in [1.82, 2.24) is 14.6 Å². The van der Waals surface area contributed by atoms with E-state index in [0.29, 0.717) is 10.8 Å². The summed E-state index contributed by atoms with van der Waals surface area (Å²) in [5, 5.41) is 10.0. The molecule has 2 rings (SSSR count). The number of aliphatic hydroxyl groups is 1. The second-order valence-corrected chi connectivity index (χ2v) is 15.0. The van der Waals surface area contributed by atoms with Crippen molar-refractivity contribution in [3.05, 3.63) is 32.9 Å². The summed E-state index contributed by atoms with van der Waals surface area (Å²) in [4.78, 5) is 49.6. The van der Waals surface area contributed by atoms with Gasteiger partial charge in [-0.2, -0.15) is 4.39 Å². The van der Waals surface area contributed by atoms with E-state index in [9.17, 15) is 28.7 Å². The predicted molar refractivity (Wildman–Crippen MR) is 148 cm³/mol. The van der Waals surface area contributed by atoms with E-state index >= 15 is 4.39 Å². The third-order valence-electron chi connectivity index (χ3n) is 5.21. The van der Waals surface area contributed by atoms with Gasteiger partial charge in [0.05, 0.1) is 25.5 Å². The van der Waals surface area contributed by atoms with Crippen molar-refractivity contribution in [2.75, 3.05) is 19.0 Å². The zero-order valence-electron chi connectivity index (χ0n) is 22.6. The van der Waals surface area contributed by atoms with E-state index in [1.54, 1.807) is 39.6 Å². The highest BCUT2D eigenvalue weighted by Crippen LogP contribution is 2.48. The van der Waals surface area contributed by atoms with Crippen molar-refractivity contribution in [1.29, 1.82) is 0 Å². The van der Waals surface area contributed by atoms with Crippen molar-refractivity contribution in [2.45, 2.75) is 77.3 Å². The zero-order valence-corrected chi connectivity index (χ0v) is 25.9. The molecule has 0 saturated carbocycles. The average molecular weight is 652 g/mol. The molecule has 18 heteroatoms. The van der Waals surface area contributed by atoms with Crippen LogP contribution in [0, 0.1) is 11.2 Å². The molecule has 1 aromatic heterocycles. The van der Waals surface area contributed by atoms with Gasteiger partial charge in [-0.15, -0.1) is 0 Å². The predicted octanol–water partition coefficient (Wildman–Crippen LogP) is 2.33. The maximum atomic E-state index is 15.3. The molecular formula is C22H33ClF2N3O9PS2. The van der Waals surface area contributed by atoms with Crippen LogP contribution < -0.4 is 16.3 Å². The van der Waals surface area contributed by atoms with Gasteiger partial charge in [0.2, 0.25) is 5.82 Å². The number of ether oxygens (including phenoxy) is 2. The van der Waals surface area contributed by atoms with Gasteiger partial charge in [0.1, 0.15) is 18.2 Å². The third kappa shape index (κ3) is 9.13. The van der Waals surface area contributed by atoms with Crippen LogP contribution in [0.4, 0.5) is 8.78 Å². The minimum absolute atomic E-state index is 0.0754. The molecular weight excluding hydrogens is 619 g/mol. The Bertz CT molecular complexity index is 1240. The molecule has 0 aliphatic carbocycles. The van der Waals surface area contributed by atoms with Crippen LogP contribution in [-0.2, 0) is 39.9 Å². The summed E-state index contributed by atoms with van der Waals surface area (Å²) in [5.41, 5.74) is -3.16. The second-order valence-electron chi connectivity index (χ2n) is 10.1. The summed E-state index contributed by atoms with van der Waals surface area (Å²) >= 11 is 12.4. The fraction of sp³-hybridized carbons (Fsp3) is 0.727. The number of esters is 1. The minimum atomic E-state index is -3.58. The number of rotatable bonds is 12. The number of aliphatic hydroxyl groups excluding tert-OH is 1. The number of thioether (sulfide) groups is 1. The highest BCUT2D eigenvalue weighted by molar-refractivity contribution is 8.13. The second kappa shape index (κ2) is 13.8. The van der Waals surface area contributed by atoms with Crippen LogP contribution in [-0.4, -0.2) is 74.2 Å². The Balaban J connectivity index is 2.19. The summed E-state index contributed by atoms with van der Waals surface area (Å²) in [7, 11) is 0. The van der Waals surface area contributed by atoms with Gasteiger partial charge in [-0.1, -0.05) is 44.1 Å². The standard InChI is InChI=1S/C22H33ClF2N3O9PS2/c1-11(2)36-17(31)12(3)27-38(39,34-7-8-40-19(32)21(4,5)6)35-10-14-15(29)22(23,25)18(37-14)28-9-13(24)16(30)26-20(28)33/h9,11-12,14-15,18,29H,7-8,10H2,1-6H3,(H,27,39)(H,26,30,33)/t12-,14-,15-,18-,22+,38+/m1/s1. The van der Waals surface area contributed by atoms with Gasteiger partial charge in [-0.05, 0) is 32.6 Å². The Morgan fingerprint density at radius 1 is 1.35 bits per heavy atom. The number of hydrogen-bond donors (Lipinski definition) is 3. The molecule has 1 fully saturated rings. The summed E-state index contributed by atoms with van der Waals surface area (Å²) < 4.78 is 51.4. The first-order valence-corrected chi connectivity index (χ1v) is 16.1. The Labute approximate surface area is 243 Å². The van der Waals surface area contributed by atoms with Crippen molar-refractivity contribution in [3.8, 4) is 0 Å². The molecule has 0 radical (unpaired) electrons. The first-order valence-electron chi connectivity index (χ1n) is 12.1. The van der Waals surface area contributed by atoms with Crippen LogP contribution in [0.3, 0.4) is 0 Å². The Morgan fingerprint density at radius 3 is 2.55 bits per heavy atom. The van der Waals surface area contributed by atoms with Crippen LogP contribution in [0.5, 0.6) is 0 Å². The van der Waals surface area contributed by atoms with E-state index < -0.39 is 77.4 Å². The quantitative estimate of drug-likeness (QED) is 0.131. The highest BCUT2D eigenvalue weighted by atomic mass is 35.5. The molecule has 0 bridgehead atoms. The number of alkyl halides is 2. The highest BCUT2D eigenvalue weighted by Gasteiger charge is 2.58. The van der Waals surface area contributed by atoms with Crippen LogP contribution >= 0.6 is 30.0 Å². The molecule has 1 aliphatic heterocycles. The largest absolute Gasteiger partial charge is 0.462 e. The van der Waals surface area contributed by atoms with Crippen molar-refractivity contribution >= 4 is 52.9 Å². The molecule has 0 spiro atoms. The van der Waals surface area contributed by atoms with Gasteiger partial charge < -0.3 is 23.6 Å². The normalized spacial score (nSPS) is 25.5. The van der Waals surface area contributed by atoms with E-state index in [0.717, 1.165) is 11.8 Å². The van der Waals surface area contributed by atoms with Crippen LogP contribution in [0.1, 0.15) is 47.8 Å². The lowest BCUT2D eigenvalue weighted by molar-refractivity contribution is -0.149. The zero-order chi connectivity index (χ0) is 30.6. The molecule has 1 saturated heterocycles. The Hall–Kier alpha value is -1.23. The van der Waals surface area contributed by atoms with Crippen LogP contribution in [0.25, 0.3) is 0 Å². The lowest BCUT2D eigenvalue weighted by Gasteiger charge is -2.28. The molecule has 3 N–H and O–H groups in total. The number of carbonyl (C=O) groups is 2. The number of hydrogen-bond acceptors (Lipinski definition) is 11. The maximum absolute atomic E-state index is 15.3. The molecule has 12 nitrogen and oxygen atoms in total. The van der Waals surface area contributed by atoms with Crippen molar-refractivity contribution in [2.24, 2.45) is 5.41 Å². The van der Waals surface area contributed by atoms with E-state index in [4.69, 9.17) is 41.9 Å². The van der Waals surface area contributed by atoms with Gasteiger partial charge in [0.25, 0.3) is 17.3 Å². The van der Waals surface area contributed by atoms with Gasteiger partial charge in [0, 0.05) is 11.2 Å². The third-order valence-corrected chi connectivity index (χ3v) is 9.53. The first kappa shape index (κ1) is 35.0. The van der Waals surface area contributed by atoms with Gasteiger partial charge >= 0.3 is 11.7 Å². The Kier molecular flexibility index (Phi) is 12.1. The van der Waals surface area contributed by atoms with Crippen molar-refractivity contribution in [3.63, 3.8) is 0 Å². The summed E-state index contributed by atoms with van der Waals surface area (Å²) in [6.45, 7) is 5.75. The molecule has 228 valence electrons. The topological polar surface area (TPSA) is 158 Å². The van der Waals surface area contributed by atoms with E-state index in [-0.39, 0.29) is 17.5 Å². The van der Waals surface area contributed by atoms with Crippen LogP contribution in [0.15, 0.2) is 15.8 Å². The fourth-order valence-corrected chi connectivity index (χ4v) is 6.72. The van der Waals surface area contributed by atoms with E-state index in [1.165, 1.54) is 6.92 Å². The number of halogens is 3. The van der Waals surface area contributed by atoms with Gasteiger partial charge in [-0.25, -0.2) is 14.3 Å². The smallest absolute Gasteiger partial charge is 0.330 e. The number of carbonyl (C=O) groups excluding carboxylic acids is 2.